The summed E-state index contributed by atoms with van der Waals surface area (Å²) in [6.07, 6.45) is 0. The molecule has 0 heterocycles. The molecule has 0 saturated carbocycles. The summed E-state index contributed by atoms with van der Waals surface area (Å²) >= 11 is 6.23. The maximum Gasteiger partial charge on any atom is 0.337 e. The Morgan fingerprint density at radius 1 is 1.29 bits per heavy atom. The van der Waals surface area contributed by atoms with Gasteiger partial charge in [0.1, 0.15) is 0 Å². The molecule has 3 N–H and O–H groups in total. The molecular weight excluding hydrogens is 288 g/mol. The lowest BCUT2D eigenvalue weighted by atomic mass is 10.1. The van der Waals surface area contributed by atoms with Crippen LogP contribution in [0.4, 0.5) is 11.4 Å². The molecule has 0 saturated heterocycles. The van der Waals surface area contributed by atoms with Crippen LogP contribution in [0, 0.1) is 6.92 Å². The third kappa shape index (κ3) is 3.47. The van der Waals surface area contributed by atoms with Gasteiger partial charge in [0.2, 0.25) is 0 Å². The highest BCUT2D eigenvalue weighted by atomic mass is 35.5. The Hall–Kier alpha value is -2.20. The van der Waals surface area contributed by atoms with Crippen molar-refractivity contribution >= 4 is 28.9 Å². The van der Waals surface area contributed by atoms with Crippen molar-refractivity contribution in [2.75, 3.05) is 17.7 Å². The van der Waals surface area contributed by atoms with E-state index < -0.39 is 5.97 Å². The van der Waals surface area contributed by atoms with Gasteiger partial charge in [-0.05, 0) is 42.3 Å². The number of carboxylic acids is 1. The number of aryl methyl sites for hydroxylation is 1. The molecule has 2 rings (SSSR count). The molecule has 0 aliphatic heterocycles. The van der Waals surface area contributed by atoms with E-state index in [2.05, 4.69) is 0 Å². The zero-order chi connectivity index (χ0) is 15.6. The molecule has 4 nitrogen and oxygen atoms in total. The van der Waals surface area contributed by atoms with Crippen LogP contribution in [0.2, 0.25) is 5.02 Å². The number of halogens is 1. The molecule has 0 bridgehead atoms. The predicted octanol–water partition coefficient (Wildman–Crippen LogP) is 3.57. The van der Waals surface area contributed by atoms with Crippen molar-refractivity contribution in [3.63, 3.8) is 0 Å². The van der Waals surface area contributed by atoms with Crippen molar-refractivity contribution in [3.8, 4) is 0 Å². The van der Waals surface area contributed by atoms with Crippen molar-refractivity contribution in [3.05, 3.63) is 58.1 Å². The molecule has 0 aromatic heterocycles. The van der Waals surface area contributed by atoms with Gasteiger partial charge in [-0.1, -0.05) is 23.7 Å². The molecule has 0 amide bonds. The summed E-state index contributed by atoms with van der Waals surface area (Å²) in [6, 6.07) is 10.7. The highest BCUT2D eigenvalue weighted by molar-refractivity contribution is 6.31. The van der Waals surface area contributed by atoms with Crippen molar-refractivity contribution < 1.29 is 9.90 Å². The van der Waals surface area contributed by atoms with E-state index in [-0.39, 0.29) is 5.56 Å². The van der Waals surface area contributed by atoms with Gasteiger partial charge in [0.25, 0.3) is 0 Å². The molecule has 2 aromatic carbocycles. The molecule has 2 aromatic rings. The molecule has 0 unspecified atom stereocenters. The number of hydrogen-bond donors (Lipinski definition) is 2. The Bertz CT molecular complexity index is 686. The van der Waals surface area contributed by atoms with E-state index in [9.17, 15) is 9.90 Å². The number of carbonyl (C=O) groups is 1. The molecule has 110 valence electrons. The standard InChI is InChI=1S/C16H17ClN2O2/c1-10-3-4-11(14(17)7-10)9-19(2)15-6-5-12(18)8-13(15)16(20)21/h3-8H,9,18H2,1-2H3,(H,20,21). The first-order valence-corrected chi connectivity index (χ1v) is 6.85. The van der Waals surface area contributed by atoms with Crippen LogP contribution < -0.4 is 10.6 Å². The van der Waals surface area contributed by atoms with Crippen LogP contribution >= 0.6 is 11.6 Å². The Morgan fingerprint density at radius 3 is 2.62 bits per heavy atom. The minimum atomic E-state index is -1.00. The van der Waals surface area contributed by atoms with Gasteiger partial charge in [0.05, 0.1) is 11.3 Å². The van der Waals surface area contributed by atoms with Gasteiger partial charge in [-0.15, -0.1) is 0 Å². The summed E-state index contributed by atoms with van der Waals surface area (Å²) in [6.45, 7) is 2.49. The van der Waals surface area contributed by atoms with Gasteiger partial charge in [-0.3, -0.25) is 0 Å². The van der Waals surface area contributed by atoms with Crippen molar-refractivity contribution in [1.29, 1.82) is 0 Å². The smallest absolute Gasteiger partial charge is 0.337 e. The number of anilines is 2. The van der Waals surface area contributed by atoms with Gasteiger partial charge < -0.3 is 15.7 Å². The predicted molar refractivity (Wildman–Crippen MR) is 86.1 cm³/mol. The Balaban J connectivity index is 2.32. The average molecular weight is 305 g/mol. The normalized spacial score (nSPS) is 10.4. The lowest BCUT2D eigenvalue weighted by Crippen LogP contribution is -2.19. The summed E-state index contributed by atoms with van der Waals surface area (Å²) in [4.78, 5) is 13.2. The van der Waals surface area contributed by atoms with E-state index in [1.54, 1.807) is 12.1 Å². The van der Waals surface area contributed by atoms with E-state index in [4.69, 9.17) is 17.3 Å². The maximum absolute atomic E-state index is 11.3. The lowest BCUT2D eigenvalue weighted by Gasteiger charge is -2.22. The lowest BCUT2D eigenvalue weighted by molar-refractivity contribution is 0.0697. The highest BCUT2D eigenvalue weighted by Gasteiger charge is 2.15. The first-order chi connectivity index (χ1) is 9.88. The Labute approximate surface area is 128 Å². The van der Waals surface area contributed by atoms with Gasteiger partial charge in [0.15, 0.2) is 0 Å². The first kappa shape index (κ1) is 15.2. The average Bonchev–Trinajstić information content (AvgIpc) is 2.41. The molecule has 0 radical (unpaired) electrons. The molecule has 5 heteroatoms. The highest BCUT2D eigenvalue weighted by Crippen LogP contribution is 2.26. The molecule has 0 spiro atoms. The van der Waals surface area contributed by atoms with Gasteiger partial charge >= 0.3 is 5.97 Å². The summed E-state index contributed by atoms with van der Waals surface area (Å²) in [7, 11) is 1.83. The number of aromatic carboxylic acids is 1. The van der Waals surface area contributed by atoms with Crippen LogP contribution in [0.1, 0.15) is 21.5 Å². The monoisotopic (exact) mass is 304 g/mol. The van der Waals surface area contributed by atoms with Gasteiger partial charge in [-0.25, -0.2) is 4.79 Å². The maximum atomic E-state index is 11.3. The minimum absolute atomic E-state index is 0.181. The molecule has 0 fully saturated rings. The summed E-state index contributed by atoms with van der Waals surface area (Å²) in [5.74, 6) is -1.00. The Morgan fingerprint density at radius 2 is 2.00 bits per heavy atom. The fourth-order valence-corrected chi connectivity index (χ4v) is 2.47. The number of carboxylic acid groups (broad SMARTS) is 1. The van der Waals surface area contributed by atoms with Crippen molar-refractivity contribution in [1.82, 2.24) is 0 Å². The Kier molecular flexibility index (Phi) is 4.38. The molecule has 0 aliphatic rings. The summed E-state index contributed by atoms with van der Waals surface area (Å²) < 4.78 is 0. The second-order valence-corrected chi connectivity index (χ2v) is 5.44. The van der Waals surface area contributed by atoms with E-state index in [1.807, 2.05) is 37.1 Å². The quantitative estimate of drug-likeness (QED) is 0.848. The summed E-state index contributed by atoms with van der Waals surface area (Å²) in [5, 5.41) is 9.96. The molecule has 0 atom stereocenters. The van der Waals surface area contributed by atoms with Crippen LogP contribution in [0.25, 0.3) is 0 Å². The first-order valence-electron chi connectivity index (χ1n) is 6.47. The van der Waals surface area contributed by atoms with Crippen LogP contribution in [-0.4, -0.2) is 18.1 Å². The number of benzene rings is 2. The molecular formula is C16H17ClN2O2. The zero-order valence-electron chi connectivity index (χ0n) is 11.9. The van der Waals surface area contributed by atoms with Crippen molar-refractivity contribution in [2.45, 2.75) is 13.5 Å². The third-order valence-corrected chi connectivity index (χ3v) is 3.63. The SMILES string of the molecule is Cc1ccc(CN(C)c2ccc(N)cc2C(=O)O)c(Cl)c1. The third-order valence-electron chi connectivity index (χ3n) is 3.28. The van der Waals surface area contributed by atoms with Gasteiger partial charge in [0, 0.05) is 24.3 Å². The number of nitrogens with two attached hydrogens (primary N) is 1. The van der Waals surface area contributed by atoms with Crippen LogP contribution in [-0.2, 0) is 6.54 Å². The number of rotatable bonds is 4. The van der Waals surface area contributed by atoms with E-state index in [1.165, 1.54) is 6.07 Å². The second kappa shape index (κ2) is 6.06. The van der Waals surface area contributed by atoms with Crippen LogP contribution in [0.5, 0.6) is 0 Å². The zero-order valence-corrected chi connectivity index (χ0v) is 12.7. The number of hydrogen-bond acceptors (Lipinski definition) is 3. The topological polar surface area (TPSA) is 66.6 Å². The van der Waals surface area contributed by atoms with Gasteiger partial charge in [-0.2, -0.15) is 0 Å². The second-order valence-electron chi connectivity index (χ2n) is 5.03. The molecule has 0 aliphatic carbocycles. The van der Waals surface area contributed by atoms with E-state index in [0.29, 0.717) is 22.9 Å². The number of nitrogens with zero attached hydrogens (tertiary/aromatic N) is 1. The fraction of sp³-hybridized carbons (Fsp3) is 0.188. The fourth-order valence-electron chi connectivity index (χ4n) is 2.18. The van der Waals surface area contributed by atoms with Crippen LogP contribution in [0.15, 0.2) is 36.4 Å². The summed E-state index contributed by atoms with van der Waals surface area (Å²) in [5.41, 5.74) is 8.90. The molecule has 21 heavy (non-hydrogen) atoms. The van der Waals surface area contributed by atoms with Crippen molar-refractivity contribution in [2.24, 2.45) is 0 Å². The largest absolute Gasteiger partial charge is 0.478 e. The minimum Gasteiger partial charge on any atom is -0.478 e. The van der Waals surface area contributed by atoms with E-state index >= 15 is 0 Å². The number of nitrogen functional groups attached to an aromatic ring is 1. The van der Waals surface area contributed by atoms with Crippen LogP contribution in [0.3, 0.4) is 0 Å². The van der Waals surface area contributed by atoms with E-state index in [0.717, 1.165) is 11.1 Å².